The maximum absolute atomic E-state index is 12.8. The molecule has 1 saturated carbocycles. The van der Waals surface area contributed by atoms with E-state index in [0.717, 1.165) is 43.2 Å². The lowest BCUT2D eigenvalue weighted by Gasteiger charge is -2.20. The standard InChI is InChI=1S/C19H22N2O2/c1-14(22)21-18(12-15-8-4-2-5-9-15)19(23)17(13-20)16-10-6-3-7-11-16/h2,4-5,8-9,18H,3,6-7,10-12H2,1H3,(H,21,22)/t18-/m0/s1. The quantitative estimate of drug-likeness (QED) is 0.671. The monoisotopic (exact) mass is 310 g/mol. The first kappa shape index (κ1) is 17.0. The van der Waals surface area contributed by atoms with E-state index >= 15 is 0 Å². The number of carbonyl (C=O) groups is 2. The smallest absolute Gasteiger partial charge is 0.217 e. The van der Waals surface area contributed by atoms with Gasteiger partial charge >= 0.3 is 0 Å². The van der Waals surface area contributed by atoms with Crippen LogP contribution in [-0.2, 0) is 16.0 Å². The molecular weight excluding hydrogens is 288 g/mol. The summed E-state index contributed by atoms with van der Waals surface area (Å²) in [6, 6.07) is 10.9. The van der Waals surface area contributed by atoms with Crippen molar-refractivity contribution in [3.63, 3.8) is 0 Å². The number of hydrogen-bond acceptors (Lipinski definition) is 3. The predicted octanol–water partition coefficient (Wildman–Crippen LogP) is 3.09. The molecular formula is C19H22N2O2. The Labute approximate surface area is 137 Å². The van der Waals surface area contributed by atoms with Gasteiger partial charge in [-0.05, 0) is 36.8 Å². The fourth-order valence-corrected chi connectivity index (χ4v) is 3.02. The molecule has 1 aliphatic carbocycles. The molecule has 23 heavy (non-hydrogen) atoms. The Bertz CT molecular complexity index is 633. The molecule has 0 spiro atoms. The van der Waals surface area contributed by atoms with Crippen molar-refractivity contribution in [3.8, 4) is 6.07 Å². The van der Waals surface area contributed by atoms with E-state index in [-0.39, 0.29) is 17.3 Å². The summed E-state index contributed by atoms with van der Waals surface area (Å²) in [5.41, 5.74) is 2.16. The Balaban J connectivity index is 2.24. The average Bonchev–Trinajstić information content (AvgIpc) is 2.56. The van der Waals surface area contributed by atoms with Gasteiger partial charge in [-0.15, -0.1) is 0 Å². The lowest BCUT2D eigenvalue weighted by atomic mass is 9.87. The summed E-state index contributed by atoms with van der Waals surface area (Å²) in [4.78, 5) is 24.3. The van der Waals surface area contributed by atoms with Crippen molar-refractivity contribution in [2.24, 2.45) is 0 Å². The van der Waals surface area contributed by atoms with E-state index in [9.17, 15) is 14.9 Å². The Morgan fingerprint density at radius 2 is 1.83 bits per heavy atom. The van der Waals surface area contributed by atoms with Crippen LogP contribution in [0.1, 0.15) is 44.6 Å². The lowest BCUT2D eigenvalue weighted by molar-refractivity contribution is -0.124. The normalized spacial score (nSPS) is 15.4. The summed E-state index contributed by atoms with van der Waals surface area (Å²) < 4.78 is 0. The summed E-state index contributed by atoms with van der Waals surface area (Å²) in [5.74, 6) is -0.520. The van der Waals surface area contributed by atoms with Gasteiger partial charge in [0.15, 0.2) is 5.78 Å². The van der Waals surface area contributed by atoms with Crippen LogP contribution in [0.4, 0.5) is 0 Å². The molecule has 1 aromatic carbocycles. The minimum Gasteiger partial charge on any atom is -0.346 e. The number of ketones is 1. The van der Waals surface area contributed by atoms with Gasteiger partial charge in [-0.2, -0.15) is 5.26 Å². The second kappa shape index (κ2) is 8.28. The first-order valence-corrected chi connectivity index (χ1v) is 8.09. The first-order chi connectivity index (χ1) is 11.1. The van der Waals surface area contributed by atoms with Crippen molar-refractivity contribution in [2.75, 3.05) is 0 Å². The van der Waals surface area contributed by atoms with Gasteiger partial charge in [-0.3, -0.25) is 9.59 Å². The van der Waals surface area contributed by atoms with Crippen molar-refractivity contribution >= 4 is 11.7 Å². The fraction of sp³-hybridized carbons (Fsp3) is 0.421. The maximum atomic E-state index is 12.8. The molecule has 4 nitrogen and oxygen atoms in total. The molecule has 1 fully saturated rings. The third-order valence-corrected chi connectivity index (χ3v) is 4.15. The Morgan fingerprint density at radius 1 is 1.17 bits per heavy atom. The Hall–Kier alpha value is -2.41. The van der Waals surface area contributed by atoms with Gasteiger partial charge in [0, 0.05) is 13.3 Å². The highest BCUT2D eigenvalue weighted by molar-refractivity contribution is 6.05. The van der Waals surface area contributed by atoms with Crippen molar-refractivity contribution in [3.05, 3.63) is 47.0 Å². The van der Waals surface area contributed by atoms with Crippen molar-refractivity contribution < 1.29 is 9.59 Å². The van der Waals surface area contributed by atoms with Crippen LogP contribution in [0.5, 0.6) is 0 Å². The van der Waals surface area contributed by atoms with Crippen LogP contribution in [0.15, 0.2) is 41.5 Å². The largest absolute Gasteiger partial charge is 0.346 e. The van der Waals surface area contributed by atoms with Crippen LogP contribution in [0.3, 0.4) is 0 Å². The van der Waals surface area contributed by atoms with Crippen molar-refractivity contribution in [1.82, 2.24) is 5.32 Å². The molecule has 0 aliphatic heterocycles. The van der Waals surface area contributed by atoms with Gasteiger partial charge in [0.1, 0.15) is 6.07 Å². The third kappa shape index (κ3) is 4.79. The van der Waals surface area contributed by atoms with E-state index in [1.807, 2.05) is 30.3 Å². The number of Topliss-reactive ketones (excluding diaryl/α,β-unsaturated/α-hetero) is 1. The minimum atomic E-state index is -0.682. The Morgan fingerprint density at radius 3 is 2.39 bits per heavy atom. The molecule has 1 N–H and O–H groups in total. The number of amides is 1. The number of benzene rings is 1. The summed E-state index contributed by atoms with van der Waals surface area (Å²) >= 11 is 0. The molecule has 0 radical (unpaired) electrons. The topological polar surface area (TPSA) is 70.0 Å². The molecule has 4 heteroatoms. The van der Waals surface area contributed by atoms with Gasteiger partial charge in [-0.25, -0.2) is 0 Å². The van der Waals surface area contributed by atoms with Crippen molar-refractivity contribution in [2.45, 2.75) is 51.5 Å². The lowest BCUT2D eigenvalue weighted by Crippen LogP contribution is -2.42. The zero-order chi connectivity index (χ0) is 16.7. The number of hydrogen-bond donors (Lipinski definition) is 1. The number of allylic oxidation sites excluding steroid dienone is 1. The maximum Gasteiger partial charge on any atom is 0.217 e. The first-order valence-electron chi connectivity index (χ1n) is 8.09. The number of nitriles is 1. The number of carbonyl (C=O) groups excluding carboxylic acids is 2. The second-order valence-electron chi connectivity index (χ2n) is 5.96. The van der Waals surface area contributed by atoms with E-state index in [4.69, 9.17) is 0 Å². The summed E-state index contributed by atoms with van der Waals surface area (Å²) in [7, 11) is 0. The van der Waals surface area contributed by atoms with E-state index in [1.165, 1.54) is 6.92 Å². The third-order valence-electron chi connectivity index (χ3n) is 4.15. The highest BCUT2D eigenvalue weighted by atomic mass is 16.2. The highest BCUT2D eigenvalue weighted by Crippen LogP contribution is 2.26. The van der Waals surface area contributed by atoms with E-state index in [2.05, 4.69) is 11.4 Å². The Kier molecular flexibility index (Phi) is 6.10. The summed E-state index contributed by atoms with van der Waals surface area (Å²) in [6.07, 6.45) is 5.22. The molecule has 1 amide bonds. The zero-order valence-corrected chi connectivity index (χ0v) is 13.5. The number of nitrogens with zero attached hydrogens (tertiary/aromatic N) is 1. The van der Waals surface area contributed by atoms with Crippen LogP contribution in [0.2, 0.25) is 0 Å². The predicted molar refractivity (Wildman–Crippen MR) is 88.5 cm³/mol. The van der Waals surface area contributed by atoms with Gasteiger partial charge in [0.25, 0.3) is 0 Å². The van der Waals surface area contributed by atoms with Crippen molar-refractivity contribution in [1.29, 1.82) is 5.26 Å². The summed E-state index contributed by atoms with van der Waals surface area (Å²) in [6.45, 7) is 1.39. The van der Waals surface area contributed by atoms with Crippen LogP contribution >= 0.6 is 0 Å². The summed E-state index contributed by atoms with van der Waals surface area (Å²) in [5, 5.41) is 12.2. The molecule has 0 unspecified atom stereocenters. The second-order valence-corrected chi connectivity index (χ2v) is 5.96. The molecule has 1 aliphatic rings. The van der Waals surface area contributed by atoms with Crippen LogP contribution in [-0.4, -0.2) is 17.7 Å². The average molecular weight is 310 g/mol. The molecule has 1 aromatic rings. The molecule has 0 bridgehead atoms. The SMILES string of the molecule is CC(=O)N[C@@H](Cc1ccccc1)C(=O)C(C#N)=C1CCCCC1. The van der Waals surface area contributed by atoms with Gasteiger partial charge < -0.3 is 5.32 Å². The number of rotatable bonds is 5. The van der Waals surface area contributed by atoms with Crippen LogP contribution < -0.4 is 5.32 Å². The van der Waals surface area contributed by atoms with E-state index in [1.54, 1.807) is 0 Å². The zero-order valence-electron chi connectivity index (χ0n) is 13.5. The minimum absolute atomic E-state index is 0.249. The highest BCUT2D eigenvalue weighted by Gasteiger charge is 2.26. The van der Waals surface area contributed by atoms with Crippen LogP contribution in [0.25, 0.3) is 0 Å². The number of nitrogens with one attached hydrogen (secondary N) is 1. The molecule has 0 saturated heterocycles. The van der Waals surface area contributed by atoms with Gasteiger partial charge in [0.2, 0.25) is 5.91 Å². The van der Waals surface area contributed by atoms with Gasteiger partial charge in [0.05, 0.1) is 11.6 Å². The molecule has 2 rings (SSSR count). The molecule has 0 heterocycles. The van der Waals surface area contributed by atoms with E-state index in [0.29, 0.717) is 6.42 Å². The molecule has 0 aromatic heterocycles. The van der Waals surface area contributed by atoms with Crippen LogP contribution in [0, 0.1) is 11.3 Å². The van der Waals surface area contributed by atoms with E-state index < -0.39 is 6.04 Å². The molecule has 1 atom stereocenters. The van der Waals surface area contributed by atoms with Gasteiger partial charge in [-0.1, -0.05) is 36.8 Å². The molecule has 120 valence electrons. The fourth-order valence-electron chi connectivity index (χ4n) is 3.02.